The molecule has 2 fully saturated rings. The predicted molar refractivity (Wildman–Crippen MR) is 94.5 cm³/mol. The number of amides is 1. The second kappa shape index (κ2) is 7.87. The van der Waals surface area contributed by atoms with Gasteiger partial charge in [-0.3, -0.25) is 0 Å². The van der Waals surface area contributed by atoms with Crippen molar-refractivity contribution in [3.05, 3.63) is 0 Å². The van der Waals surface area contributed by atoms with Gasteiger partial charge in [0.15, 0.2) is 0 Å². The van der Waals surface area contributed by atoms with Gasteiger partial charge in [-0.15, -0.1) is 0 Å². The van der Waals surface area contributed by atoms with Crippen molar-refractivity contribution in [1.29, 1.82) is 0 Å². The van der Waals surface area contributed by atoms with E-state index < -0.39 is 5.60 Å². The fraction of sp³-hybridized carbons (Fsp3) is 0.947. The molecular formula is C19H36N2O2. The second-order valence-corrected chi connectivity index (χ2v) is 8.87. The van der Waals surface area contributed by atoms with Crippen LogP contribution in [0, 0.1) is 17.8 Å². The van der Waals surface area contributed by atoms with Crippen LogP contribution in [-0.4, -0.2) is 30.3 Å². The summed E-state index contributed by atoms with van der Waals surface area (Å²) < 4.78 is 5.39. The number of carbonyl (C=O) groups is 1. The zero-order chi connectivity index (χ0) is 17.0. The number of carbonyl (C=O) groups excluding carboxylic acids is 1. The highest BCUT2D eigenvalue weighted by atomic mass is 16.6. The molecule has 4 nitrogen and oxygen atoms in total. The first-order valence-electron chi connectivity index (χ1n) is 9.47. The Morgan fingerprint density at radius 2 is 1.83 bits per heavy atom. The molecule has 2 aliphatic rings. The van der Waals surface area contributed by atoms with Crippen LogP contribution in [0.25, 0.3) is 0 Å². The van der Waals surface area contributed by atoms with Crippen LogP contribution in [0.2, 0.25) is 0 Å². The summed E-state index contributed by atoms with van der Waals surface area (Å²) in [5.74, 6) is 2.34. The summed E-state index contributed by atoms with van der Waals surface area (Å²) in [5.41, 5.74) is -0.445. The molecule has 3 atom stereocenters. The average molecular weight is 325 g/mol. The Hall–Kier alpha value is -0.770. The van der Waals surface area contributed by atoms with E-state index in [1.807, 2.05) is 20.8 Å². The van der Waals surface area contributed by atoms with Gasteiger partial charge in [-0.05, 0) is 64.2 Å². The van der Waals surface area contributed by atoms with Gasteiger partial charge in [-0.2, -0.15) is 0 Å². The topological polar surface area (TPSA) is 50.4 Å². The minimum atomic E-state index is -0.445. The maximum Gasteiger partial charge on any atom is 0.407 e. The van der Waals surface area contributed by atoms with Gasteiger partial charge in [0, 0.05) is 18.6 Å². The van der Waals surface area contributed by atoms with Gasteiger partial charge in [-0.25, -0.2) is 4.79 Å². The van der Waals surface area contributed by atoms with Crippen molar-refractivity contribution in [1.82, 2.24) is 10.6 Å². The molecule has 0 aromatic carbocycles. The zero-order valence-corrected chi connectivity index (χ0v) is 15.7. The highest BCUT2D eigenvalue weighted by Gasteiger charge is 2.34. The Balaban J connectivity index is 1.76. The Kier molecular flexibility index (Phi) is 6.35. The Morgan fingerprint density at radius 3 is 2.39 bits per heavy atom. The third-order valence-electron chi connectivity index (χ3n) is 5.14. The largest absolute Gasteiger partial charge is 0.444 e. The molecule has 2 saturated carbocycles. The predicted octanol–water partition coefficient (Wildman–Crippen LogP) is 4.09. The van der Waals surface area contributed by atoms with Gasteiger partial charge in [0.25, 0.3) is 0 Å². The zero-order valence-electron chi connectivity index (χ0n) is 15.7. The maximum atomic E-state index is 12.0. The molecule has 0 aromatic heterocycles. The van der Waals surface area contributed by atoms with Crippen LogP contribution >= 0.6 is 0 Å². The van der Waals surface area contributed by atoms with Crippen molar-refractivity contribution < 1.29 is 9.53 Å². The standard InChI is InChI=1S/C19H36N2O2/c1-13(2)17(21-18(22)23-19(3,4)5)12-20-16-8-6-7-15(11-16)14-9-10-14/h13-17,20H,6-12H2,1-5H3,(H,21,22). The van der Waals surface area contributed by atoms with Crippen molar-refractivity contribution in [3.8, 4) is 0 Å². The number of alkyl carbamates (subject to hydrolysis) is 1. The Labute approximate surface area is 142 Å². The van der Waals surface area contributed by atoms with Gasteiger partial charge < -0.3 is 15.4 Å². The van der Waals surface area contributed by atoms with E-state index in [1.165, 1.54) is 38.5 Å². The van der Waals surface area contributed by atoms with Crippen LogP contribution in [0.3, 0.4) is 0 Å². The van der Waals surface area contributed by atoms with E-state index in [-0.39, 0.29) is 12.1 Å². The molecule has 0 aromatic rings. The maximum absolute atomic E-state index is 12.0. The SMILES string of the molecule is CC(C)C(CNC1CCCC(C2CC2)C1)NC(=O)OC(C)(C)C. The van der Waals surface area contributed by atoms with E-state index in [0.29, 0.717) is 12.0 Å². The quantitative estimate of drug-likeness (QED) is 0.773. The van der Waals surface area contributed by atoms with E-state index in [2.05, 4.69) is 24.5 Å². The molecule has 2 rings (SSSR count). The van der Waals surface area contributed by atoms with E-state index in [9.17, 15) is 4.79 Å². The van der Waals surface area contributed by atoms with Gasteiger partial charge in [0.05, 0.1) is 0 Å². The fourth-order valence-electron chi connectivity index (χ4n) is 3.61. The first-order chi connectivity index (χ1) is 10.7. The first-order valence-corrected chi connectivity index (χ1v) is 9.47. The van der Waals surface area contributed by atoms with Crippen LogP contribution in [0.1, 0.15) is 73.1 Å². The summed E-state index contributed by atoms with van der Waals surface area (Å²) in [5, 5.41) is 6.75. The van der Waals surface area contributed by atoms with Gasteiger partial charge >= 0.3 is 6.09 Å². The molecule has 2 aliphatic carbocycles. The van der Waals surface area contributed by atoms with E-state index in [1.54, 1.807) is 0 Å². The summed E-state index contributed by atoms with van der Waals surface area (Å²) in [6, 6.07) is 0.738. The molecule has 3 unspecified atom stereocenters. The van der Waals surface area contributed by atoms with Crippen molar-refractivity contribution >= 4 is 6.09 Å². The lowest BCUT2D eigenvalue weighted by molar-refractivity contribution is 0.0488. The third-order valence-corrected chi connectivity index (χ3v) is 5.14. The average Bonchev–Trinajstić information content (AvgIpc) is 3.26. The lowest BCUT2D eigenvalue weighted by atomic mass is 9.82. The highest BCUT2D eigenvalue weighted by Crippen LogP contribution is 2.43. The summed E-state index contributed by atoms with van der Waals surface area (Å²) in [4.78, 5) is 12.0. The van der Waals surface area contributed by atoms with E-state index in [0.717, 1.165) is 18.4 Å². The van der Waals surface area contributed by atoms with Gasteiger partial charge in [-0.1, -0.05) is 26.7 Å². The van der Waals surface area contributed by atoms with Crippen LogP contribution in [0.4, 0.5) is 4.79 Å². The monoisotopic (exact) mass is 324 g/mol. The van der Waals surface area contributed by atoms with Crippen LogP contribution in [0.15, 0.2) is 0 Å². The normalized spacial score (nSPS) is 26.9. The minimum absolute atomic E-state index is 0.117. The molecule has 4 heteroatoms. The lowest BCUT2D eigenvalue weighted by Crippen LogP contribution is -2.49. The summed E-state index contributed by atoms with van der Waals surface area (Å²) >= 11 is 0. The summed E-state index contributed by atoms with van der Waals surface area (Å²) in [7, 11) is 0. The smallest absolute Gasteiger partial charge is 0.407 e. The number of ether oxygens (including phenoxy) is 1. The van der Waals surface area contributed by atoms with Crippen LogP contribution in [-0.2, 0) is 4.74 Å². The van der Waals surface area contributed by atoms with E-state index >= 15 is 0 Å². The molecule has 0 saturated heterocycles. The molecule has 2 N–H and O–H groups in total. The molecule has 0 heterocycles. The fourth-order valence-corrected chi connectivity index (χ4v) is 3.61. The number of hydrogen-bond donors (Lipinski definition) is 2. The van der Waals surface area contributed by atoms with Crippen molar-refractivity contribution in [3.63, 3.8) is 0 Å². The lowest BCUT2D eigenvalue weighted by Gasteiger charge is -2.32. The highest BCUT2D eigenvalue weighted by molar-refractivity contribution is 5.68. The van der Waals surface area contributed by atoms with Crippen molar-refractivity contribution in [2.24, 2.45) is 17.8 Å². The van der Waals surface area contributed by atoms with E-state index in [4.69, 9.17) is 4.74 Å². The second-order valence-electron chi connectivity index (χ2n) is 8.87. The Bertz CT molecular complexity index is 385. The molecule has 134 valence electrons. The molecular weight excluding hydrogens is 288 g/mol. The first kappa shape index (κ1) is 18.6. The van der Waals surface area contributed by atoms with Gasteiger partial charge in [0.2, 0.25) is 0 Å². The summed E-state index contributed by atoms with van der Waals surface area (Å²) in [6.07, 6.45) is 7.97. The minimum Gasteiger partial charge on any atom is -0.444 e. The number of rotatable bonds is 6. The molecule has 0 radical (unpaired) electrons. The van der Waals surface area contributed by atoms with Crippen LogP contribution in [0.5, 0.6) is 0 Å². The Morgan fingerprint density at radius 1 is 1.13 bits per heavy atom. The third kappa shape index (κ3) is 6.70. The summed E-state index contributed by atoms with van der Waals surface area (Å²) in [6.45, 7) is 10.8. The molecule has 0 bridgehead atoms. The molecule has 23 heavy (non-hydrogen) atoms. The number of hydrogen-bond acceptors (Lipinski definition) is 3. The van der Waals surface area contributed by atoms with Crippen LogP contribution < -0.4 is 10.6 Å². The molecule has 0 spiro atoms. The van der Waals surface area contributed by atoms with Gasteiger partial charge in [0.1, 0.15) is 5.60 Å². The van der Waals surface area contributed by atoms with Crippen molar-refractivity contribution in [2.45, 2.75) is 90.8 Å². The van der Waals surface area contributed by atoms with Crippen molar-refractivity contribution in [2.75, 3.05) is 6.54 Å². The molecule has 1 amide bonds. The molecule has 0 aliphatic heterocycles. The number of nitrogens with one attached hydrogen (secondary N) is 2.